The van der Waals surface area contributed by atoms with E-state index < -0.39 is 0 Å². The molecule has 1 aliphatic rings. The Balaban J connectivity index is 2.07. The third kappa shape index (κ3) is 1.83. The highest BCUT2D eigenvalue weighted by atomic mass is 16.3. The molecule has 0 saturated heterocycles. The molecule has 1 heterocycles. The van der Waals surface area contributed by atoms with Crippen LogP contribution in [-0.2, 0) is 12.8 Å². The summed E-state index contributed by atoms with van der Waals surface area (Å²) in [5.74, 6) is 0.806. The number of imidazole rings is 1. The standard InChI is InChI=1S/C9H15N3O/c13-6-5-10-9-11-7-3-1-2-4-8(7)12-9/h13H,1-6H2,(H2,10,11,12). The zero-order chi connectivity index (χ0) is 9.10. The van der Waals surface area contributed by atoms with Crippen LogP contribution in [0.1, 0.15) is 24.2 Å². The van der Waals surface area contributed by atoms with Gasteiger partial charge in [-0.3, -0.25) is 0 Å². The Labute approximate surface area is 77.4 Å². The van der Waals surface area contributed by atoms with Gasteiger partial charge < -0.3 is 15.4 Å². The van der Waals surface area contributed by atoms with Crippen LogP contribution in [0.3, 0.4) is 0 Å². The number of aliphatic hydroxyl groups is 1. The maximum atomic E-state index is 8.63. The summed E-state index contributed by atoms with van der Waals surface area (Å²) < 4.78 is 0. The van der Waals surface area contributed by atoms with Crippen LogP contribution in [0.2, 0.25) is 0 Å². The van der Waals surface area contributed by atoms with Crippen LogP contribution in [0.5, 0.6) is 0 Å². The van der Waals surface area contributed by atoms with E-state index in [9.17, 15) is 0 Å². The molecule has 0 amide bonds. The van der Waals surface area contributed by atoms with E-state index in [2.05, 4.69) is 15.3 Å². The number of H-pyrrole nitrogens is 1. The second-order valence-electron chi connectivity index (χ2n) is 3.37. The molecule has 0 spiro atoms. The minimum atomic E-state index is 0.144. The number of anilines is 1. The van der Waals surface area contributed by atoms with E-state index in [-0.39, 0.29) is 6.61 Å². The van der Waals surface area contributed by atoms with E-state index in [0.29, 0.717) is 6.54 Å². The first-order valence-corrected chi connectivity index (χ1v) is 4.82. The van der Waals surface area contributed by atoms with E-state index in [1.807, 2.05) is 0 Å². The molecule has 0 unspecified atom stereocenters. The molecule has 72 valence electrons. The number of aromatic amines is 1. The SMILES string of the molecule is OCCNc1nc2c([nH]1)CCCC2. The molecule has 13 heavy (non-hydrogen) atoms. The smallest absolute Gasteiger partial charge is 0.200 e. The fourth-order valence-electron chi connectivity index (χ4n) is 1.71. The highest BCUT2D eigenvalue weighted by Crippen LogP contribution is 2.20. The molecule has 1 aliphatic carbocycles. The third-order valence-electron chi connectivity index (χ3n) is 2.36. The summed E-state index contributed by atoms with van der Waals surface area (Å²) in [4.78, 5) is 7.65. The first-order chi connectivity index (χ1) is 6.40. The highest BCUT2D eigenvalue weighted by molar-refractivity contribution is 5.32. The Morgan fingerprint density at radius 3 is 3.00 bits per heavy atom. The predicted octanol–water partition coefficient (Wildman–Crippen LogP) is 0.693. The van der Waals surface area contributed by atoms with E-state index in [1.165, 1.54) is 24.2 Å². The fourth-order valence-corrected chi connectivity index (χ4v) is 1.71. The molecular weight excluding hydrogens is 166 g/mol. The monoisotopic (exact) mass is 181 g/mol. The predicted molar refractivity (Wildman–Crippen MR) is 50.8 cm³/mol. The number of rotatable bonds is 3. The summed E-state index contributed by atoms with van der Waals surface area (Å²) in [7, 11) is 0. The van der Waals surface area contributed by atoms with Crippen LogP contribution >= 0.6 is 0 Å². The number of aromatic nitrogens is 2. The lowest BCUT2D eigenvalue weighted by atomic mass is 10.0. The Hall–Kier alpha value is -1.03. The van der Waals surface area contributed by atoms with Crippen molar-refractivity contribution in [2.45, 2.75) is 25.7 Å². The molecule has 0 aromatic carbocycles. The van der Waals surface area contributed by atoms with Gasteiger partial charge in [0.1, 0.15) is 0 Å². The molecule has 0 bridgehead atoms. The first-order valence-electron chi connectivity index (χ1n) is 4.82. The summed E-state index contributed by atoms with van der Waals surface area (Å²) >= 11 is 0. The van der Waals surface area contributed by atoms with Crippen molar-refractivity contribution in [2.24, 2.45) is 0 Å². The molecule has 0 fully saturated rings. The van der Waals surface area contributed by atoms with Gasteiger partial charge in [-0.25, -0.2) is 4.98 Å². The van der Waals surface area contributed by atoms with Crippen LogP contribution in [0.4, 0.5) is 5.95 Å². The third-order valence-corrected chi connectivity index (χ3v) is 2.36. The average molecular weight is 181 g/mol. The van der Waals surface area contributed by atoms with Gasteiger partial charge in [0.25, 0.3) is 0 Å². The minimum Gasteiger partial charge on any atom is -0.395 e. The maximum absolute atomic E-state index is 8.63. The lowest BCUT2D eigenvalue weighted by Gasteiger charge is -2.07. The number of hydrogen-bond donors (Lipinski definition) is 3. The first kappa shape index (κ1) is 8.56. The van der Waals surface area contributed by atoms with Gasteiger partial charge in [0.05, 0.1) is 12.3 Å². The number of nitrogens with zero attached hydrogens (tertiary/aromatic N) is 1. The minimum absolute atomic E-state index is 0.144. The molecule has 2 rings (SSSR count). The number of nitrogens with one attached hydrogen (secondary N) is 2. The molecule has 0 atom stereocenters. The van der Waals surface area contributed by atoms with E-state index in [0.717, 1.165) is 18.8 Å². The molecule has 0 radical (unpaired) electrons. The Morgan fingerprint density at radius 1 is 1.38 bits per heavy atom. The van der Waals surface area contributed by atoms with Crippen molar-refractivity contribution in [2.75, 3.05) is 18.5 Å². The van der Waals surface area contributed by atoms with Gasteiger partial charge in [0.15, 0.2) is 0 Å². The van der Waals surface area contributed by atoms with E-state index in [1.54, 1.807) is 0 Å². The molecule has 4 heteroatoms. The van der Waals surface area contributed by atoms with Gasteiger partial charge in [-0.2, -0.15) is 0 Å². The van der Waals surface area contributed by atoms with Gasteiger partial charge in [0, 0.05) is 12.2 Å². The van der Waals surface area contributed by atoms with Crippen LogP contribution < -0.4 is 5.32 Å². The van der Waals surface area contributed by atoms with Crippen molar-refractivity contribution in [1.29, 1.82) is 0 Å². The molecule has 0 saturated carbocycles. The molecule has 1 aromatic rings. The summed E-state index contributed by atoms with van der Waals surface area (Å²) in [6.07, 6.45) is 4.71. The van der Waals surface area contributed by atoms with Crippen molar-refractivity contribution in [3.63, 3.8) is 0 Å². The largest absolute Gasteiger partial charge is 0.395 e. The number of fused-ring (bicyclic) bond motifs is 1. The lowest BCUT2D eigenvalue weighted by Crippen LogP contribution is -2.06. The van der Waals surface area contributed by atoms with Crippen LogP contribution in [0, 0.1) is 0 Å². The van der Waals surface area contributed by atoms with Crippen molar-refractivity contribution in [3.05, 3.63) is 11.4 Å². The number of hydrogen-bond acceptors (Lipinski definition) is 3. The van der Waals surface area contributed by atoms with E-state index >= 15 is 0 Å². The zero-order valence-electron chi connectivity index (χ0n) is 7.64. The summed E-state index contributed by atoms with van der Waals surface area (Å²) in [6.45, 7) is 0.706. The number of aliphatic hydroxyl groups excluding tert-OH is 1. The highest BCUT2D eigenvalue weighted by Gasteiger charge is 2.13. The zero-order valence-corrected chi connectivity index (χ0v) is 7.64. The summed E-state index contributed by atoms with van der Waals surface area (Å²) in [5, 5.41) is 11.7. The Morgan fingerprint density at radius 2 is 2.23 bits per heavy atom. The van der Waals surface area contributed by atoms with Crippen molar-refractivity contribution >= 4 is 5.95 Å². The van der Waals surface area contributed by atoms with Crippen LogP contribution in [-0.4, -0.2) is 28.2 Å². The Bertz CT molecular complexity index is 259. The average Bonchev–Trinajstić information content (AvgIpc) is 2.57. The van der Waals surface area contributed by atoms with Crippen LogP contribution in [0.25, 0.3) is 0 Å². The normalized spacial score (nSPS) is 15.5. The lowest BCUT2D eigenvalue weighted by molar-refractivity contribution is 0.311. The van der Waals surface area contributed by atoms with Crippen molar-refractivity contribution in [1.82, 2.24) is 9.97 Å². The fraction of sp³-hybridized carbons (Fsp3) is 0.667. The van der Waals surface area contributed by atoms with Gasteiger partial charge in [-0.15, -0.1) is 0 Å². The second kappa shape index (κ2) is 3.79. The van der Waals surface area contributed by atoms with E-state index in [4.69, 9.17) is 5.11 Å². The topological polar surface area (TPSA) is 60.9 Å². The van der Waals surface area contributed by atoms with Gasteiger partial charge >= 0.3 is 0 Å². The second-order valence-corrected chi connectivity index (χ2v) is 3.37. The van der Waals surface area contributed by atoms with Gasteiger partial charge in [-0.1, -0.05) is 0 Å². The van der Waals surface area contributed by atoms with Gasteiger partial charge in [-0.05, 0) is 25.7 Å². The van der Waals surface area contributed by atoms with Crippen LogP contribution in [0.15, 0.2) is 0 Å². The van der Waals surface area contributed by atoms with Gasteiger partial charge in [0.2, 0.25) is 5.95 Å². The maximum Gasteiger partial charge on any atom is 0.200 e. The van der Waals surface area contributed by atoms with Crippen molar-refractivity contribution < 1.29 is 5.11 Å². The number of aryl methyl sites for hydroxylation is 2. The quantitative estimate of drug-likeness (QED) is 0.643. The summed E-state index contributed by atoms with van der Waals surface area (Å²) in [5.41, 5.74) is 2.47. The molecule has 3 N–H and O–H groups in total. The summed E-state index contributed by atoms with van der Waals surface area (Å²) in [6, 6.07) is 0. The molecule has 4 nitrogen and oxygen atoms in total. The molecule has 0 aliphatic heterocycles. The molecular formula is C9H15N3O. The molecule has 1 aromatic heterocycles. The van der Waals surface area contributed by atoms with Crippen molar-refractivity contribution in [3.8, 4) is 0 Å². The Kier molecular flexibility index (Phi) is 2.49.